The summed E-state index contributed by atoms with van der Waals surface area (Å²) in [6.45, 7) is 0.323. The molecule has 1 amide bonds. The molecular weight excluding hydrogens is 252 g/mol. The summed E-state index contributed by atoms with van der Waals surface area (Å²) in [7, 11) is 0. The number of Topliss-reactive ketones (excluding diaryl/α,β-unsaturated/α-hetero) is 1. The first-order valence-electron chi connectivity index (χ1n) is 6.29. The van der Waals surface area contributed by atoms with Gasteiger partial charge < -0.3 is 0 Å². The lowest BCUT2D eigenvalue weighted by molar-refractivity contribution is -0.127. The van der Waals surface area contributed by atoms with Crippen molar-refractivity contribution in [3.8, 4) is 0 Å². The SMILES string of the molecule is O=C1C(=O)N(N=Cc2ccccc2)Cc2ccccc21. The summed E-state index contributed by atoms with van der Waals surface area (Å²) in [4.78, 5) is 23.9. The number of hydrogen-bond acceptors (Lipinski definition) is 3. The van der Waals surface area contributed by atoms with Gasteiger partial charge in [0.15, 0.2) is 0 Å². The van der Waals surface area contributed by atoms with Gasteiger partial charge in [-0.05, 0) is 11.1 Å². The monoisotopic (exact) mass is 264 g/mol. The number of hydrazone groups is 1. The third-order valence-electron chi connectivity index (χ3n) is 3.16. The van der Waals surface area contributed by atoms with E-state index in [1.165, 1.54) is 5.01 Å². The van der Waals surface area contributed by atoms with Gasteiger partial charge in [-0.3, -0.25) is 9.59 Å². The van der Waals surface area contributed by atoms with Crippen LogP contribution in [0.25, 0.3) is 0 Å². The second-order valence-electron chi connectivity index (χ2n) is 4.50. The van der Waals surface area contributed by atoms with E-state index in [-0.39, 0.29) is 0 Å². The van der Waals surface area contributed by atoms with Crippen LogP contribution in [-0.2, 0) is 11.3 Å². The van der Waals surface area contributed by atoms with E-state index in [0.717, 1.165) is 11.1 Å². The lowest BCUT2D eigenvalue weighted by Crippen LogP contribution is -2.37. The Labute approximate surface area is 116 Å². The molecule has 1 aliphatic rings. The molecule has 0 unspecified atom stereocenters. The molecular formula is C16H12N2O2. The van der Waals surface area contributed by atoms with Crippen LogP contribution >= 0.6 is 0 Å². The number of ketones is 1. The Balaban J connectivity index is 1.88. The highest BCUT2D eigenvalue weighted by Crippen LogP contribution is 2.19. The van der Waals surface area contributed by atoms with Crippen LogP contribution in [-0.4, -0.2) is 22.9 Å². The zero-order valence-corrected chi connectivity index (χ0v) is 10.7. The smallest absolute Gasteiger partial charge is 0.283 e. The van der Waals surface area contributed by atoms with Crippen LogP contribution < -0.4 is 0 Å². The molecule has 0 aromatic heterocycles. The number of carbonyl (C=O) groups is 2. The first-order chi connectivity index (χ1) is 9.75. The predicted octanol–water partition coefficient (Wildman–Crippen LogP) is 2.25. The van der Waals surface area contributed by atoms with E-state index in [9.17, 15) is 9.59 Å². The fourth-order valence-corrected chi connectivity index (χ4v) is 2.11. The number of amides is 1. The van der Waals surface area contributed by atoms with Crippen LogP contribution in [0, 0.1) is 0 Å². The normalized spacial score (nSPS) is 14.7. The van der Waals surface area contributed by atoms with Crippen molar-refractivity contribution in [2.24, 2.45) is 5.10 Å². The molecule has 3 rings (SSSR count). The van der Waals surface area contributed by atoms with Crippen molar-refractivity contribution in [2.75, 3.05) is 0 Å². The summed E-state index contributed by atoms with van der Waals surface area (Å²) in [5, 5.41) is 5.33. The molecule has 0 aliphatic carbocycles. The Morgan fingerprint density at radius 3 is 2.45 bits per heavy atom. The largest absolute Gasteiger partial charge is 0.315 e. The van der Waals surface area contributed by atoms with Crippen LogP contribution in [0.1, 0.15) is 21.5 Å². The summed E-state index contributed by atoms with van der Waals surface area (Å²) >= 11 is 0. The van der Waals surface area contributed by atoms with Crippen LogP contribution in [0.4, 0.5) is 0 Å². The molecule has 20 heavy (non-hydrogen) atoms. The second kappa shape index (κ2) is 5.09. The Kier molecular flexibility index (Phi) is 3.13. The predicted molar refractivity (Wildman–Crippen MR) is 75.4 cm³/mol. The maximum atomic E-state index is 12.0. The molecule has 0 N–H and O–H groups in total. The molecule has 0 saturated heterocycles. The van der Waals surface area contributed by atoms with Gasteiger partial charge in [-0.25, -0.2) is 5.01 Å². The molecule has 98 valence electrons. The van der Waals surface area contributed by atoms with Gasteiger partial charge in [-0.1, -0.05) is 54.6 Å². The number of benzene rings is 2. The maximum Gasteiger partial charge on any atom is 0.315 e. The van der Waals surface area contributed by atoms with Gasteiger partial charge in [0, 0.05) is 5.56 Å². The minimum atomic E-state index is -0.587. The molecule has 0 radical (unpaired) electrons. The summed E-state index contributed by atoms with van der Waals surface area (Å²) in [6, 6.07) is 16.6. The molecule has 0 bridgehead atoms. The average molecular weight is 264 g/mol. The number of hydrogen-bond donors (Lipinski definition) is 0. The zero-order valence-electron chi connectivity index (χ0n) is 10.7. The fraction of sp³-hybridized carbons (Fsp3) is 0.0625. The molecule has 1 aliphatic heterocycles. The van der Waals surface area contributed by atoms with Crippen LogP contribution in [0.3, 0.4) is 0 Å². The first kappa shape index (κ1) is 12.3. The van der Waals surface area contributed by atoms with Gasteiger partial charge in [0.2, 0.25) is 0 Å². The Morgan fingerprint density at radius 1 is 0.950 bits per heavy atom. The Morgan fingerprint density at radius 2 is 1.65 bits per heavy atom. The fourth-order valence-electron chi connectivity index (χ4n) is 2.11. The molecule has 0 atom stereocenters. The van der Waals surface area contributed by atoms with E-state index in [0.29, 0.717) is 12.1 Å². The van der Waals surface area contributed by atoms with Crippen molar-refractivity contribution in [2.45, 2.75) is 6.54 Å². The van der Waals surface area contributed by atoms with E-state index < -0.39 is 11.7 Å². The number of carbonyl (C=O) groups excluding carboxylic acids is 2. The minimum absolute atomic E-state index is 0.323. The van der Waals surface area contributed by atoms with E-state index in [2.05, 4.69) is 5.10 Å². The Bertz CT molecular complexity index is 693. The standard InChI is InChI=1S/C16H12N2O2/c19-15-14-9-5-4-8-13(14)11-18(16(15)20)17-10-12-6-2-1-3-7-12/h1-10H,11H2. The highest BCUT2D eigenvalue weighted by atomic mass is 16.2. The summed E-state index contributed by atoms with van der Waals surface area (Å²) in [5.41, 5.74) is 2.18. The van der Waals surface area contributed by atoms with Crippen LogP contribution in [0.15, 0.2) is 59.7 Å². The van der Waals surface area contributed by atoms with Crippen LogP contribution in [0.5, 0.6) is 0 Å². The average Bonchev–Trinajstić information content (AvgIpc) is 2.50. The lowest BCUT2D eigenvalue weighted by atomic mass is 9.99. The molecule has 1 heterocycles. The summed E-state index contributed by atoms with van der Waals surface area (Å²) in [5.74, 6) is -1.09. The van der Waals surface area contributed by atoms with Crippen molar-refractivity contribution < 1.29 is 9.59 Å². The van der Waals surface area contributed by atoms with Crippen molar-refractivity contribution >= 4 is 17.9 Å². The van der Waals surface area contributed by atoms with E-state index >= 15 is 0 Å². The molecule has 2 aromatic rings. The van der Waals surface area contributed by atoms with Gasteiger partial charge in [0.25, 0.3) is 5.78 Å². The topological polar surface area (TPSA) is 49.7 Å². The summed E-state index contributed by atoms with van der Waals surface area (Å²) < 4.78 is 0. The minimum Gasteiger partial charge on any atom is -0.283 e. The van der Waals surface area contributed by atoms with E-state index in [4.69, 9.17) is 0 Å². The lowest BCUT2D eigenvalue weighted by Gasteiger charge is -2.22. The van der Waals surface area contributed by atoms with Gasteiger partial charge in [-0.2, -0.15) is 5.10 Å². The number of fused-ring (bicyclic) bond motifs is 1. The first-order valence-corrected chi connectivity index (χ1v) is 6.29. The molecule has 0 saturated carbocycles. The van der Waals surface area contributed by atoms with Gasteiger partial charge in [0.1, 0.15) is 0 Å². The van der Waals surface area contributed by atoms with Gasteiger partial charge in [0.05, 0.1) is 12.8 Å². The van der Waals surface area contributed by atoms with Crippen molar-refractivity contribution in [1.29, 1.82) is 0 Å². The molecule has 4 heteroatoms. The molecule has 0 spiro atoms. The van der Waals surface area contributed by atoms with Crippen LogP contribution in [0.2, 0.25) is 0 Å². The zero-order chi connectivity index (χ0) is 13.9. The highest BCUT2D eigenvalue weighted by Gasteiger charge is 2.30. The number of rotatable bonds is 2. The maximum absolute atomic E-state index is 12.0. The molecule has 2 aromatic carbocycles. The third kappa shape index (κ3) is 2.23. The third-order valence-corrected chi connectivity index (χ3v) is 3.16. The van der Waals surface area contributed by atoms with E-state index in [1.807, 2.05) is 42.5 Å². The Hall–Kier alpha value is -2.75. The second-order valence-corrected chi connectivity index (χ2v) is 4.50. The van der Waals surface area contributed by atoms with E-state index in [1.54, 1.807) is 18.3 Å². The summed E-state index contributed by atoms with van der Waals surface area (Å²) in [6.07, 6.45) is 1.58. The molecule has 4 nitrogen and oxygen atoms in total. The quantitative estimate of drug-likeness (QED) is 0.617. The van der Waals surface area contributed by atoms with Gasteiger partial charge in [-0.15, -0.1) is 0 Å². The van der Waals surface area contributed by atoms with Gasteiger partial charge >= 0.3 is 5.91 Å². The molecule has 0 fully saturated rings. The highest BCUT2D eigenvalue weighted by molar-refractivity contribution is 6.43. The number of nitrogens with zero attached hydrogens (tertiary/aromatic N) is 2. The van der Waals surface area contributed by atoms with Crippen molar-refractivity contribution in [3.05, 3.63) is 71.3 Å². The van der Waals surface area contributed by atoms with Crippen molar-refractivity contribution in [1.82, 2.24) is 5.01 Å². The van der Waals surface area contributed by atoms with Crippen molar-refractivity contribution in [3.63, 3.8) is 0 Å².